The number of carbonyl (C=O) groups is 1. The van der Waals surface area contributed by atoms with Crippen molar-refractivity contribution < 1.29 is 9.90 Å². The highest BCUT2D eigenvalue weighted by atomic mass is 35.5. The van der Waals surface area contributed by atoms with Crippen LogP contribution in [0.3, 0.4) is 0 Å². The zero-order valence-electron chi connectivity index (χ0n) is 10.3. The average Bonchev–Trinajstić information content (AvgIpc) is 2.69. The molecule has 2 rings (SSSR count). The molecule has 1 atom stereocenters. The first kappa shape index (κ1) is 13.3. The van der Waals surface area contributed by atoms with Crippen LogP contribution in [0.1, 0.15) is 12.0 Å². The Morgan fingerprint density at radius 1 is 1.61 bits per heavy atom. The van der Waals surface area contributed by atoms with Crippen molar-refractivity contribution in [3.05, 3.63) is 28.8 Å². The second kappa shape index (κ2) is 5.69. The minimum absolute atomic E-state index is 0.0796. The Hall–Kier alpha value is -1.10. The molecule has 98 valence electrons. The van der Waals surface area contributed by atoms with E-state index in [1.807, 2.05) is 24.0 Å². The summed E-state index contributed by atoms with van der Waals surface area (Å²) in [5.74, 6) is -0.0796. The molecule has 1 heterocycles. The molecule has 1 saturated heterocycles. The van der Waals surface area contributed by atoms with Crippen LogP contribution in [0.25, 0.3) is 0 Å². The molecular weight excluding hydrogens is 252 g/mol. The molecule has 1 aliphatic heterocycles. The fourth-order valence-corrected chi connectivity index (χ4v) is 2.21. The number of aryl methyl sites for hydroxylation is 1. The number of hydrogen-bond acceptors (Lipinski definition) is 3. The van der Waals surface area contributed by atoms with Crippen molar-refractivity contribution in [3.63, 3.8) is 0 Å². The van der Waals surface area contributed by atoms with Gasteiger partial charge in [-0.25, -0.2) is 0 Å². The highest BCUT2D eigenvalue weighted by Crippen LogP contribution is 2.20. The van der Waals surface area contributed by atoms with Crippen LogP contribution >= 0.6 is 11.6 Å². The van der Waals surface area contributed by atoms with E-state index in [1.54, 1.807) is 6.07 Å². The van der Waals surface area contributed by atoms with Crippen LogP contribution in [-0.2, 0) is 4.79 Å². The Balaban J connectivity index is 1.89. The van der Waals surface area contributed by atoms with Crippen molar-refractivity contribution in [2.24, 2.45) is 0 Å². The zero-order chi connectivity index (χ0) is 13.1. The number of aliphatic hydroxyl groups excluding tert-OH is 1. The summed E-state index contributed by atoms with van der Waals surface area (Å²) in [5.41, 5.74) is 1.69. The molecule has 0 bridgehead atoms. The van der Waals surface area contributed by atoms with Gasteiger partial charge in [-0.1, -0.05) is 17.7 Å². The second-order valence-corrected chi connectivity index (χ2v) is 5.10. The first-order chi connectivity index (χ1) is 8.54. The maximum absolute atomic E-state index is 11.8. The molecule has 1 aromatic rings. The Morgan fingerprint density at radius 3 is 3.00 bits per heavy atom. The van der Waals surface area contributed by atoms with Crippen molar-refractivity contribution in [1.29, 1.82) is 0 Å². The number of nitrogens with one attached hydrogen (secondary N) is 1. The van der Waals surface area contributed by atoms with Crippen LogP contribution in [0.15, 0.2) is 18.2 Å². The number of amides is 1. The molecule has 0 radical (unpaired) electrons. The van der Waals surface area contributed by atoms with Gasteiger partial charge in [0.25, 0.3) is 0 Å². The Kier molecular flexibility index (Phi) is 4.22. The van der Waals surface area contributed by atoms with Gasteiger partial charge < -0.3 is 10.4 Å². The van der Waals surface area contributed by atoms with E-state index in [4.69, 9.17) is 11.6 Å². The number of aliphatic hydroxyl groups is 1. The van der Waals surface area contributed by atoms with Crippen LogP contribution in [0, 0.1) is 6.92 Å². The monoisotopic (exact) mass is 268 g/mol. The zero-order valence-corrected chi connectivity index (χ0v) is 11.1. The fraction of sp³-hybridized carbons (Fsp3) is 0.462. The highest BCUT2D eigenvalue weighted by Gasteiger charge is 2.21. The van der Waals surface area contributed by atoms with Gasteiger partial charge in [0.1, 0.15) is 0 Å². The third-order valence-corrected chi connectivity index (χ3v) is 3.48. The largest absolute Gasteiger partial charge is 0.392 e. The van der Waals surface area contributed by atoms with Crippen LogP contribution in [0.4, 0.5) is 5.69 Å². The molecule has 5 heteroatoms. The van der Waals surface area contributed by atoms with Gasteiger partial charge >= 0.3 is 0 Å². The predicted molar refractivity (Wildman–Crippen MR) is 71.9 cm³/mol. The summed E-state index contributed by atoms with van der Waals surface area (Å²) in [6, 6.07) is 5.45. The lowest BCUT2D eigenvalue weighted by molar-refractivity contribution is -0.117. The third-order valence-electron chi connectivity index (χ3n) is 3.07. The standard InChI is InChI=1S/C13H17ClN2O2/c1-9-2-3-10(6-12(9)14)15-13(18)8-16-5-4-11(17)7-16/h2-3,6,11,17H,4-5,7-8H2,1H3,(H,15,18)/t11-/m0/s1. The van der Waals surface area contributed by atoms with Crippen molar-refractivity contribution in [2.75, 3.05) is 25.0 Å². The molecule has 0 spiro atoms. The van der Waals surface area contributed by atoms with Gasteiger partial charge in [-0.3, -0.25) is 9.69 Å². The van der Waals surface area contributed by atoms with Crippen molar-refractivity contribution in [1.82, 2.24) is 4.90 Å². The molecule has 0 aliphatic carbocycles. The Labute approximate surface area is 112 Å². The molecule has 4 nitrogen and oxygen atoms in total. The van der Waals surface area contributed by atoms with Gasteiger partial charge in [0.05, 0.1) is 12.6 Å². The third kappa shape index (κ3) is 3.45. The van der Waals surface area contributed by atoms with Gasteiger partial charge in [-0.15, -0.1) is 0 Å². The maximum atomic E-state index is 11.8. The highest BCUT2D eigenvalue weighted by molar-refractivity contribution is 6.31. The molecule has 1 amide bonds. The number of rotatable bonds is 3. The first-order valence-corrected chi connectivity index (χ1v) is 6.39. The second-order valence-electron chi connectivity index (χ2n) is 4.69. The van der Waals surface area contributed by atoms with E-state index in [9.17, 15) is 9.90 Å². The summed E-state index contributed by atoms with van der Waals surface area (Å²) in [7, 11) is 0. The lowest BCUT2D eigenvalue weighted by atomic mass is 10.2. The van der Waals surface area contributed by atoms with E-state index in [1.165, 1.54) is 0 Å². The minimum atomic E-state index is -0.299. The number of hydrogen-bond donors (Lipinski definition) is 2. The van der Waals surface area contributed by atoms with E-state index in [2.05, 4.69) is 5.32 Å². The normalized spacial score (nSPS) is 20.1. The van der Waals surface area contributed by atoms with Crippen molar-refractivity contribution >= 4 is 23.2 Å². The number of β-amino-alcohol motifs (C(OH)–C–C–N with tert-alkyl or cyclic N) is 1. The van der Waals surface area contributed by atoms with Gasteiger partial charge in [-0.2, -0.15) is 0 Å². The smallest absolute Gasteiger partial charge is 0.238 e. The average molecular weight is 269 g/mol. The summed E-state index contributed by atoms with van der Waals surface area (Å²) in [4.78, 5) is 13.7. The molecular formula is C13H17ClN2O2. The van der Waals surface area contributed by atoms with Crippen molar-refractivity contribution in [2.45, 2.75) is 19.4 Å². The Morgan fingerprint density at radius 2 is 2.39 bits per heavy atom. The van der Waals surface area contributed by atoms with E-state index in [0.717, 1.165) is 18.5 Å². The molecule has 18 heavy (non-hydrogen) atoms. The first-order valence-electron chi connectivity index (χ1n) is 6.01. The number of benzene rings is 1. The quantitative estimate of drug-likeness (QED) is 0.877. The van der Waals surface area contributed by atoms with E-state index < -0.39 is 0 Å². The van der Waals surface area contributed by atoms with Crippen LogP contribution in [0.2, 0.25) is 5.02 Å². The van der Waals surface area contributed by atoms with Gasteiger partial charge in [-0.05, 0) is 31.0 Å². The molecule has 0 aromatic heterocycles. The maximum Gasteiger partial charge on any atom is 0.238 e. The molecule has 0 unspecified atom stereocenters. The number of likely N-dealkylation sites (tertiary alicyclic amines) is 1. The summed E-state index contributed by atoms with van der Waals surface area (Å²) < 4.78 is 0. The number of halogens is 1. The number of nitrogens with zero attached hydrogens (tertiary/aromatic N) is 1. The lowest BCUT2D eigenvalue weighted by Gasteiger charge is -2.14. The van der Waals surface area contributed by atoms with Gasteiger partial charge in [0, 0.05) is 23.8 Å². The molecule has 1 fully saturated rings. The van der Waals surface area contributed by atoms with E-state index in [-0.39, 0.29) is 12.0 Å². The lowest BCUT2D eigenvalue weighted by Crippen LogP contribution is -2.32. The molecule has 0 saturated carbocycles. The fourth-order valence-electron chi connectivity index (χ4n) is 2.03. The van der Waals surface area contributed by atoms with Gasteiger partial charge in [0.15, 0.2) is 0 Å². The number of anilines is 1. The van der Waals surface area contributed by atoms with E-state index >= 15 is 0 Å². The summed E-state index contributed by atoms with van der Waals surface area (Å²) in [6.45, 7) is 3.56. The molecule has 2 N–H and O–H groups in total. The number of carbonyl (C=O) groups excluding carboxylic acids is 1. The SMILES string of the molecule is Cc1ccc(NC(=O)CN2CC[C@H](O)C2)cc1Cl. The minimum Gasteiger partial charge on any atom is -0.392 e. The van der Waals surface area contributed by atoms with Crippen LogP contribution in [0.5, 0.6) is 0 Å². The van der Waals surface area contributed by atoms with Gasteiger partial charge in [0.2, 0.25) is 5.91 Å². The summed E-state index contributed by atoms with van der Waals surface area (Å²) in [5, 5.41) is 12.8. The molecule has 1 aliphatic rings. The summed E-state index contributed by atoms with van der Waals surface area (Å²) >= 11 is 5.99. The Bertz CT molecular complexity index is 451. The van der Waals surface area contributed by atoms with Crippen LogP contribution in [-0.4, -0.2) is 41.7 Å². The summed E-state index contributed by atoms with van der Waals surface area (Å²) in [6.07, 6.45) is 0.440. The van der Waals surface area contributed by atoms with Crippen molar-refractivity contribution in [3.8, 4) is 0 Å². The predicted octanol–water partition coefficient (Wildman–Crippen LogP) is 1.65. The van der Waals surface area contributed by atoms with Crippen LogP contribution < -0.4 is 5.32 Å². The molecule has 1 aromatic carbocycles. The topological polar surface area (TPSA) is 52.6 Å². The van der Waals surface area contributed by atoms with E-state index in [0.29, 0.717) is 23.8 Å².